The van der Waals surface area contributed by atoms with Crippen LogP contribution in [0, 0.1) is 0 Å². The summed E-state index contributed by atoms with van der Waals surface area (Å²) in [5, 5.41) is 0. The van der Waals surface area contributed by atoms with Crippen molar-refractivity contribution in [3.05, 3.63) is 59.2 Å². The Morgan fingerprint density at radius 2 is 1.81 bits per heavy atom. The fraction of sp³-hybridized carbons (Fsp3) is 0.480. The zero-order valence-corrected chi connectivity index (χ0v) is 18.3. The molecule has 0 bridgehead atoms. The molecule has 1 aliphatic carbocycles. The van der Waals surface area contributed by atoms with Crippen LogP contribution in [0.3, 0.4) is 0 Å². The number of carbonyl (C=O) groups is 1. The molecular weight excluding hydrogens is 390 g/mol. The molecule has 2 heterocycles. The van der Waals surface area contributed by atoms with Gasteiger partial charge in [-0.2, -0.15) is 0 Å². The lowest BCUT2D eigenvalue weighted by Gasteiger charge is -2.37. The molecule has 3 aliphatic rings. The van der Waals surface area contributed by atoms with Crippen LogP contribution in [0.25, 0.3) is 0 Å². The SMILES string of the molecule is CN(C(=O)CN1CCN(Cc2ccc3c(c2)OCO3)CC1)[C@@H]1CCCc2ccccc21. The molecule has 1 amide bonds. The first-order chi connectivity index (χ1) is 15.2. The van der Waals surface area contributed by atoms with Crippen molar-refractivity contribution in [3.63, 3.8) is 0 Å². The summed E-state index contributed by atoms with van der Waals surface area (Å²) in [4.78, 5) is 19.8. The quantitative estimate of drug-likeness (QED) is 0.743. The van der Waals surface area contributed by atoms with Crippen molar-refractivity contribution in [1.82, 2.24) is 14.7 Å². The first-order valence-electron chi connectivity index (χ1n) is 11.3. The van der Waals surface area contributed by atoms with E-state index < -0.39 is 0 Å². The van der Waals surface area contributed by atoms with Gasteiger partial charge in [0.15, 0.2) is 11.5 Å². The number of likely N-dealkylation sites (N-methyl/N-ethyl adjacent to an activating group) is 1. The van der Waals surface area contributed by atoms with Gasteiger partial charge in [-0.3, -0.25) is 14.6 Å². The first kappa shape index (κ1) is 20.3. The molecular formula is C25H31N3O3. The number of rotatable bonds is 5. The number of nitrogens with zero attached hydrogens (tertiary/aromatic N) is 3. The van der Waals surface area contributed by atoms with E-state index in [1.54, 1.807) is 0 Å². The molecule has 0 unspecified atom stereocenters. The highest BCUT2D eigenvalue weighted by Crippen LogP contribution is 2.34. The molecule has 2 aromatic carbocycles. The van der Waals surface area contributed by atoms with Gasteiger partial charge in [0, 0.05) is 39.8 Å². The smallest absolute Gasteiger partial charge is 0.237 e. The van der Waals surface area contributed by atoms with Crippen LogP contribution in [0.5, 0.6) is 11.5 Å². The van der Waals surface area contributed by atoms with E-state index in [0.29, 0.717) is 13.3 Å². The van der Waals surface area contributed by atoms with E-state index in [0.717, 1.165) is 63.5 Å². The minimum absolute atomic E-state index is 0.213. The van der Waals surface area contributed by atoms with Gasteiger partial charge in [0.2, 0.25) is 12.7 Å². The lowest BCUT2D eigenvalue weighted by Crippen LogP contribution is -2.49. The molecule has 0 N–H and O–H groups in total. The summed E-state index contributed by atoms with van der Waals surface area (Å²) in [5.74, 6) is 1.90. The van der Waals surface area contributed by atoms with Crippen molar-refractivity contribution >= 4 is 5.91 Å². The van der Waals surface area contributed by atoms with Crippen molar-refractivity contribution in [2.45, 2.75) is 31.8 Å². The van der Waals surface area contributed by atoms with Crippen molar-refractivity contribution in [3.8, 4) is 11.5 Å². The number of fused-ring (bicyclic) bond motifs is 2. The maximum atomic E-state index is 13.0. The summed E-state index contributed by atoms with van der Waals surface area (Å²) in [6.45, 7) is 5.50. The van der Waals surface area contributed by atoms with Crippen LogP contribution in [-0.2, 0) is 17.8 Å². The number of amides is 1. The molecule has 5 rings (SSSR count). The summed E-state index contributed by atoms with van der Waals surface area (Å²) in [5.41, 5.74) is 3.97. The van der Waals surface area contributed by atoms with Crippen LogP contribution in [0.4, 0.5) is 0 Å². The van der Waals surface area contributed by atoms with Crippen LogP contribution in [0.1, 0.15) is 35.6 Å². The Bertz CT molecular complexity index is 939. The topological polar surface area (TPSA) is 45.3 Å². The molecule has 0 spiro atoms. The van der Waals surface area contributed by atoms with Gasteiger partial charge in [0.25, 0.3) is 0 Å². The maximum Gasteiger partial charge on any atom is 0.237 e. The number of aryl methyl sites for hydroxylation is 1. The van der Waals surface area contributed by atoms with Crippen LogP contribution in [0.2, 0.25) is 0 Å². The Hall–Kier alpha value is -2.57. The van der Waals surface area contributed by atoms with Crippen LogP contribution in [-0.4, -0.2) is 67.2 Å². The van der Waals surface area contributed by atoms with E-state index in [9.17, 15) is 4.79 Å². The van der Waals surface area contributed by atoms with Gasteiger partial charge in [-0.1, -0.05) is 30.3 Å². The number of hydrogen-bond donors (Lipinski definition) is 0. The summed E-state index contributed by atoms with van der Waals surface area (Å²) < 4.78 is 10.9. The normalized spacial score (nSPS) is 21.0. The lowest BCUT2D eigenvalue weighted by molar-refractivity contribution is -0.134. The number of hydrogen-bond acceptors (Lipinski definition) is 5. The zero-order chi connectivity index (χ0) is 21.2. The number of benzene rings is 2. The third-order valence-electron chi connectivity index (χ3n) is 6.87. The van der Waals surface area contributed by atoms with Gasteiger partial charge in [-0.25, -0.2) is 0 Å². The molecule has 1 saturated heterocycles. The Morgan fingerprint density at radius 3 is 2.68 bits per heavy atom. The largest absolute Gasteiger partial charge is 0.454 e. The third kappa shape index (κ3) is 4.41. The Balaban J connectivity index is 1.13. The van der Waals surface area contributed by atoms with Crippen molar-refractivity contribution in [1.29, 1.82) is 0 Å². The molecule has 1 fully saturated rings. The van der Waals surface area contributed by atoms with E-state index in [1.807, 2.05) is 18.0 Å². The van der Waals surface area contributed by atoms with Gasteiger partial charge < -0.3 is 14.4 Å². The number of piperazine rings is 1. The zero-order valence-electron chi connectivity index (χ0n) is 18.3. The van der Waals surface area contributed by atoms with Gasteiger partial charge in [-0.15, -0.1) is 0 Å². The lowest BCUT2D eigenvalue weighted by atomic mass is 9.87. The summed E-state index contributed by atoms with van der Waals surface area (Å²) in [6.07, 6.45) is 3.33. The van der Waals surface area contributed by atoms with E-state index in [-0.39, 0.29) is 11.9 Å². The first-order valence-corrected chi connectivity index (χ1v) is 11.3. The molecule has 6 heteroatoms. The molecule has 0 aromatic heterocycles. The molecule has 164 valence electrons. The predicted molar refractivity (Wildman–Crippen MR) is 119 cm³/mol. The molecule has 1 atom stereocenters. The second-order valence-electron chi connectivity index (χ2n) is 8.85. The van der Waals surface area contributed by atoms with Crippen LogP contribution < -0.4 is 9.47 Å². The summed E-state index contributed by atoms with van der Waals surface area (Å²) in [6, 6.07) is 15.0. The fourth-order valence-corrected chi connectivity index (χ4v) is 5.01. The van der Waals surface area contributed by atoms with Gasteiger partial charge in [0.05, 0.1) is 12.6 Å². The van der Waals surface area contributed by atoms with E-state index in [1.165, 1.54) is 16.7 Å². The second kappa shape index (κ2) is 8.89. The van der Waals surface area contributed by atoms with Crippen molar-refractivity contribution in [2.24, 2.45) is 0 Å². The second-order valence-corrected chi connectivity index (χ2v) is 8.85. The Morgan fingerprint density at radius 1 is 1.03 bits per heavy atom. The van der Waals surface area contributed by atoms with Gasteiger partial charge in [0.1, 0.15) is 0 Å². The average Bonchev–Trinajstić information content (AvgIpc) is 3.27. The average molecular weight is 422 g/mol. The molecule has 31 heavy (non-hydrogen) atoms. The third-order valence-corrected chi connectivity index (χ3v) is 6.87. The Labute approximate surface area is 184 Å². The highest BCUT2D eigenvalue weighted by atomic mass is 16.7. The fourth-order valence-electron chi connectivity index (χ4n) is 5.01. The number of carbonyl (C=O) groups excluding carboxylic acids is 1. The Kier molecular flexibility index (Phi) is 5.83. The van der Waals surface area contributed by atoms with Crippen LogP contribution >= 0.6 is 0 Å². The summed E-state index contributed by atoms with van der Waals surface area (Å²) in [7, 11) is 1.98. The van der Waals surface area contributed by atoms with E-state index >= 15 is 0 Å². The molecule has 0 saturated carbocycles. The van der Waals surface area contributed by atoms with Crippen LogP contribution in [0.15, 0.2) is 42.5 Å². The number of ether oxygens (including phenoxy) is 2. The molecule has 2 aliphatic heterocycles. The molecule has 0 radical (unpaired) electrons. The highest BCUT2D eigenvalue weighted by Gasteiger charge is 2.28. The van der Waals surface area contributed by atoms with E-state index in [4.69, 9.17) is 9.47 Å². The van der Waals surface area contributed by atoms with Gasteiger partial charge >= 0.3 is 0 Å². The predicted octanol–water partition coefficient (Wildman–Crippen LogP) is 3.07. The summed E-state index contributed by atoms with van der Waals surface area (Å²) >= 11 is 0. The van der Waals surface area contributed by atoms with E-state index in [2.05, 4.69) is 46.2 Å². The van der Waals surface area contributed by atoms with Crippen molar-refractivity contribution in [2.75, 3.05) is 46.6 Å². The molecule has 2 aromatic rings. The minimum Gasteiger partial charge on any atom is -0.454 e. The minimum atomic E-state index is 0.213. The maximum absolute atomic E-state index is 13.0. The highest BCUT2D eigenvalue weighted by molar-refractivity contribution is 5.78. The monoisotopic (exact) mass is 421 g/mol. The standard InChI is InChI=1S/C25H31N3O3/c1-26(22-8-4-6-20-5-2-3-7-21(20)22)25(29)17-28-13-11-27(12-14-28)16-19-9-10-23-24(15-19)31-18-30-23/h2-3,5,7,9-10,15,22H,4,6,8,11-14,16-18H2,1H3/t22-/m1/s1. The van der Waals surface area contributed by atoms with Gasteiger partial charge in [-0.05, 0) is 48.1 Å². The molecule has 6 nitrogen and oxygen atoms in total. The van der Waals surface area contributed by atoms with Crippen molar-refractivity contribution < 1.29 is 14.3 Å².